The van der Waals surface area contributed by atoms with Gasteiger partial charge in [-0.25, -0.2) is 4.39 Å². The number of halogens is 1. The van der Waals surface area contributed by atoms with Crippen LogP contribution in [0.15, 0.2) is 42.5 Å². The Labute approximate surface area is 101 Å². The highest BCUT2D eigenvalue weighted by Gasteiger charge is 2.05. The summed E-state index contributed by atoms with van der Waals surface area (Å²) in [4.78, 5) is 0. The molecule has 0 fully saturated rings. The molecule has 2 aromatic rings. The maximum absolute atomic E-state index is 13.7. The molecular formula is C15H15FO. The Hall–Kier alpha value is -1.83. The molecule has 0 amide bonds. The molecule has 0 atom stereocenters. The first-order valence-corrected chi connectivity index (χ1v) is 5.60. The maximum Gasteiger partial charge on any atom is 0.167 e. The molecule has 2 aromatic carbocycles. The minimum absolute atomic E-state index is 0.278. The van der Waals surface area contributed by atoms with Gasteiger partial charge in [0.1, 0.15) is 6.61 Å². The van der Waals surface area contributed by atoms with Crippen LogP contribution in [0.5, 0.6) is 5.75 Å². The zero-order valence-electron chi connectivity index (χ0n) is 10.0. The first-order chi connectivity index (χ1) is 8.16. The largest absolute Gasteiger partial charge is 0.486 e. The first kappa shape index (κ1) is 11.6. The van der Waals surface area contributed by atoms with Crippen molar-refractivity contribution in [3.8, 4) is 5.75 Å². The van der Waals surface area contributed by atoms with E-state index in [1.165, 1.54) is 5.56 Å². The fraction of sp³-hybridized carbons (Fsp3) is 0.200. The van der Waals surface area contributed by atoms with Gasteiger partial charge >= 0.3 is 0 Å². The molecule has 0 saturated heterocycles. The Morgan fingerprint density at radius 3 is 2.59 bits per heavy atom. The second-order valence-corrected chi connectivity index (χ2v) is 4.16. The second kappa shape index (κ2) is 5.00. The first-order valence-electron chi connectivity index (χ1n) is 5.60. The average molecular weight is 230 g/mol. The highest BCUT2D eigenvalue weighted by Crippen LogP contribution is 2.20. The molecule has 0 bridgehead atoms. The summed E-state index contributed by atoms with van der Waals surface area (Å²) in [6.45, 7) is 4.15. The van der Waals surface area contributed by atoms with E-state index >= 15 is 0 Å². The van der Waals surface area contributed by atoms with Gasteiger partial charge in [-0.2, -0.15) is 0 Å². The maximum atomic E-state index is 13.7. The van der Waals surface area contributed by atoms with Crippen LogP contribution in [0.3, 0.4) is 0 Å². The van der Waals surface area contributed by atoms with Gasteiger partial charge < -0.3 is 4.74 Å². The summed E-state index contributed by atoms with van der Waals surface area (Å²) in [7, 11) is 0. The predicted molar refractivity (Wildman–Crippen MR) is 66.6 cm³/mol. The van der Waals surface area contributed by atoms with Crippen LogP contribution in [0.4, 0.5) is 4.39 Å². The van der Waals surface area contributed by atoms with Crippen LogP contribution in [-0.2, 0) is 6.61 Å². The Kier molecular flexibility index (Phi) is 3.43. The molecule has 0 N–H and O–H groups in total. The lowest BCUT2D eigenvalue weighted by Crippen LogP contribution is -1.98. The van der Waals surface area contributed by atoms with E-state index < -0.39 is 0 Å². The standard InChI is InChI=1S/C15H15FO/c1-11-5-3-7-13(9-11)10-17-14-8-4-6-12(2)15(14)16/h3-9H,10H2,1-2H3. The summed E-state index contributed by atoms with van der Waals surface area (Å²) < 4.78 is 19.1. The Morgan fingerprint density at radius 1 is 1.06 bits per heavy atom. The summed E-state index contributed by atoms with van der Waals surface area (Å²) >= 11 is 0. The summed E-state index contributed by atoms with van der Waals surface area (Å²) in [5.74, 6) is 0.0339. The van der Waals surface area contributed by atoms with Gasteiger partial charge in [0, 0.05) is 0 Å². The van der Waals surface area contributed by atoms with E-state index in [2.05, 4.69) is 0 Å². The third-order valence-corrected chi connectivity index (χ3v) is 2.63. The van der Waals surface area contributed by atoms with Crippen molar-refractivity contribution in [2.24, 2.45) is 0 Å². The third kappa shape index (κ3) is 2.84. The minimum Gasteiger partial charge on any atom is -0.486 e. The van der Waals surface area contributed by atoms with Crippen LogP contribution in [0.25, 0.3) is 0 Å². The molecule has 0 unspecified atom stereocenters. The Balaban J connectivity index is 2.10. The molecule has 88 valence electrons. The Morgan fingerprint density at radius 2 is 1.82 bits per heavy atom. The van der Waals surface area contributed by atoms with Crippen LogP contribution in [-0.4, -0.2) is 0 Å². The van der Waals surface area contributed by atoms with Crippen LogP contribution in [0, 0.1) is 19.7 Å². The van der Waals surface area contributed by atoms with Gasteiger partial charge in [0.15, 0.2) is 11.6 Å². The topological polar surface area (TPSA) is 9.23 Å². The van der Waals surface area contributed by atoms with Crippen molar-refractivity contribution in [3.05, 3.63) is 65.0 Å². The van der Waals surface area contributed by atoms with Crippen molar-refractivity contribution in [2.75, 3.05) is 0 Å². The lowest BCUT2D eigenvalue weighted by molar-refractivity contribution is 0.289. The number of hydrogen-bond donors (Lipinski definition) is 0. The zero-order chi connectivity index (χ0) is 12.3. The van der Waals surface area contributed by atoms with Crippen molar-refractivity contribution in [1.29, 1.82) is 0 Å². The SMILES string of the molecule is Cc1cccc(COc2cccc(C)c2F)c1. The number of benzene rings is 2. The third-order valence-electron chi connectivity index (χ3n) is 2.63. The molecule has 17 heavy (non-hydrogen) atoms. The molecule has 0 aliphatic carbocycles. The van der Waals surface area contributed by atoms with Gasteiger partial charge in [0.2, 0.25) is 0 Å². The van der Waals surface area contributed by atoms with Gasteiger partial charge in [-0.1, -0.05) is 42.0 Å². The Bertz CT molecular complexity index is 520. The van der Waals surface area contributed by atoms with Crippen molar-refractivity contribution in [2.45, 2.75) is 20.5 Å². The van der Waals surface area contributed by atoms with Crippen LogP contribution >= 0.6 is 0 Å². The summed E-state index contributed by atoms with van der Waals surface area (Å²) in [5, 5.41) is 0. The number of aryl methyl sites for hydroxylation is 2. The molecule has 0 spiro atoms. The predicted octanol–water partition coefficient (Wildman–Crippen LogP) is 4.02. The highest BCUT2D eigenvalue weighted by molar-refractivity contribution is 5.30. The monoisotopic (exact) mass is 230 g/mol. The van der Waals surface area contributed by atoms with E-state index in [4.69, 9.17) is 4.74 Å². The van der Waals surface area contributed by atoms with Gasteiger partial charge in [-0.3, -0.25) is 0 Å². The van der Waals surface area contributed by atoms with E-state index in [1.807, 2.05) is 31.2 Å². The lowest BCUT2D eigenvalue weighted by Gasteiger charge is -2.09. The molecule has 0 aliphatic heterocycles. The van der Waals surface area contributed by atoms with Crippen molar-refractivity contribution < 1.29 is 9.13 Å². The molecule has 0 radical (unpaired) electrons. The molecule has 1 nitrogen and oxygen atoms in total. The van der Waals surface area contributed by atoms with Gasteiger partial charge in [0.25, 0.3) is 0 Å². The summed E-state index contributed by atoms with van der Waals surface area (Å²) in [6.07, 6.45) is 0. The van der Waals surface area contributed by atoms with E-state index in [0.717, 1.165) is 5.56 Å². The normalized spacial score (nSPS) is 10.3. The number of hydrogen-bond acceptors (Lipinski definition) is 1. The molecule has 0 aromatic heterocycles. The minimum atomic E-state index is -0.278. The molecule has 0 aliphatic rings. The lowest BCUT2D eigenvalue weighted by atomic mass is 10.1. The smallest absolute Gasteiger partial charge is 0.167 e. The molecule has 0 heterocycles. The fourth-order valence-electron chi connectivity index (χ4n) is 1.69. The van der Waals surface area contributed by atoms with Crippen molar-refractivity contribution in [3.63, 3.8) is 0 Å². The van der Waals surface area contributed by atoms with Crippen LogP contribution in [0.2, 0.25) is 0 Å². The van der Waals surface area contributed by atoms with E-state index in [0.29, 0.717) is 17.9 Å². The second-order valence-electron chi connectivity index (χ2n) is 4.16. The average Bonchev–Trinajstić information content (AvgIpc) is 2.31. The van der Waals surface area contributed by atoms with Crippen LogP contribution in [0.1, 0.15) is 16.7 Å². The number of rotatable bonds is 3. The van der Waals surface area contributed by atoms with Crippen LogP contribution < -0.4 is 4.74 Å². The molecule has 2 rings (SSSR count). The molecule has 0 saturated carbocycles. The van der Waals surface area contributed by atoms with Gasteiger partial charge in [-0.15, -0.1) is 0 Å². The number of ether oxygens (including phenoxy) is 1. The van der Waals surface area contributed by atoms with Gasteiger partial charge in [0.05, 0.1) is 0 Å². The zero-order valence-corrected chi connectivity index (χ0v) is 10.0. The summed E-state index contributed by atoms with van der Waals surface area (Å²) in [6, 6.07) is 13.2. The summed E-state index contributed by atoms with van der Waals surface area (Å²) in [5.41, 5.74) is 2.83. The van der Waals surface area contributed by atoms with Gasteiger partial charge in [-0.05, 0) is 31.0 Å². The van der Waals surface area contributed by atoms with Crippen molar-refractivity contribution >= 4 is 0 Å². The van der Waals surface area contributed by atoms with E-state index in [1.54, 1.807) is 25.1 Å². The van der Waals surface area contributed by atoms with E-state index in [9.17, 15) is 4.39 Å². The van der Waals surface area contributed by atoms with Crippen molar-refractivity contribution in [1.82, 2.24) is 0 Å². The quantitative estimate of drug-likeness (QED) is 0.773. The van der Waals surface area contributed by atoms with E-state index in [-0.39, 0.29) is 5.82 Å². The fourth-order valence-corrected chi connectivity index (χ4v) is 1.69. The molecular weight excluding hydrogens is 215 g/mol. The molecule has 2 heteroatoms. The highest BCUT2D eigenvalue weighted by atomic mass is 19.1.